The molecule has 0 spiro atoms. The van der Waals surface area contributed by atoms with E-state index >= 15 is 0 Å². The molecular weight excluding hydrogens is 475 g/mol. The van der Waals surface area contributed by atoms with E-state index in [4.69, 9.17) is 4.65 Å². The average molecular weight is 504 g/mol. The van der Waals surface area contributed by atoms with Crippen molar-refractivity contribution in [2.45, 2.75) is 52.6 Å². The number of fused-ring (bicyclic) bond motifs is 3. The average Bonchev–Trinajstić information content (AvgIpc) is 3.11. The molecule has 4 atom stereocenters. The monoisotopic (exact) mass is 504 g/mol. The van der Waals surface area contributed by atoms with Crippen molar-refractivity contribution >= 4 is 30.3 Å². The van der Waals surface area contributed by atoms with E-state index in [0.29, 0.717) is 35.9 Å². The molecule has 2 aromatic carbocycles. The number of anilines is 1. The lowest BCUT2D eigenvalue weighted by Gasteiger charge is -2.42. The number of non-ortho nitro benzene ring substituents is 1. The summed E-state index contributed by atoms with van der Waals surface area (Å²) < 4.78 is 6.06. The molecule has 2 heterocycles. The summed E-state index contributed by atoms with van der Waals surface area (Å²) in [5.41, 5.74) is 3.79. The van der Waals surface area contributed by atoms with Gasteiger partial charge in [-0.1, -0.05) is 25.0 Å². The number of amides is 2. The number of nitro groups is 1. The normalized spacial score (nSPS) is 25.4. The number of phenols is 1. The molecule has 1 aliphatic carbocycles. The minimum atomic E-state index is -1.21. The third-order valence-corrected chi connectivity index (χ3v) is 7.95. The van der Waals surface area contributed by atoms with E-state index in [1.54, 1.807) is 13.8 Å². The SMILES string of the molecule is CCCC1=C2B(O)O[C@H](c3cc(C)c(O)c(C)c3)C[C@H]2[C@H]2C(=O)N(c3cccc([N+](=O)[O-])c3)C(=O)[C@H]2C1. The molecule has 2 aliphatic heterocycles. The molecule has 2 saturated heterocycles. The maximum atomic E-state index is 13.8. The first-order valence-corrected chi connectivity index (χ1v) is 12.6. The molecule has 37 heavy (non-hydrogen) atoms. The summed E-state index contributed by atoms with van der Waals surface area (Å²) >= 11 is 0. The van der Waals surface area contributed by atoms with Crippen LogP contribution in [0.3, 0.4) is 0 Å². The quantitative estimate of drug-likeness (QED) is 0.268. The smallest absolute Gasteiger partial charge is 0.487 e. The molecule has 0 saturated carbocycles. The Balaban J connectivity index is 1.55. The Hall–Kier alpha value is -3.50. The van der Waals surface area contributed by atoms with Gasteiger partial charge in [0.1, 0.15) is 5.75 Å². The van der Waals surface area contributed by atoms with Gasteiger partial charge in [-0.2, -0.15) is 0 Å². The van der Waals surface area contributed by atoms with Crippen molar-refractivity contribution in [1.29, 1.82) is 0 Å². The largest absolute Gasteiger partial charge is 0.507 e. The maximum Gasteiger partial charge on any atom is 0.487 e. The molecule has 5 rings (SSSR count). The van der Waals surface area contributed by atoms with Crippen LogP contribution in [0.4, 0.5) is 11.4 Å². The highest BCUT2D eigenvalue weighted by Crippen LogP contribution is 2.53. The van der Waals surface area contributed by atoms with Gasteiger partial charge >= 0.3 is 7.12 Å². The predicted octanol–water partition coefficient (Wildman–Crippen LogP) is 4.32. The summed E-state index contributed by atoms with van der Waals surface area (Å²) in [7, 11) is -1.21. The molecule has 0 radical (unpaired) electrons. The van der Waals surface area contributed by atoms with Crippen molar-refractivity contribution in [3.8, 4) is 5.75 Å². The number of nitrogens with zero attached hydrogens (tertiary/aromatic N) is 2. The second kappa shape index (κ2) is 9.43. The molecule has 3 aliphatic rings. The lowest BCUT2D eigenvalue weighted by atomic mass is 9.54. The number of allylic oxidation sites excluding steroid dienone is 2. The summed E-state index contributed by atoms with van der Waals surface area (Å²) in [4.78, 5) is 39.3. The molecule has 2 N–H and O–H groups in total. The Bertz CT molecular complexity index is 1320. The van der Waals surface area contributed by atoms with E-state index in [1.807, 2.05) is 19.1 Å². The molecule has 2 aromatic rings. The number of imide groups is 1. The van der Waals surface area contributed by atoms with E-state index in [-0.39, 0.29) is 23.0 Å². The van der Waals surface area contributed by atoms with Crippen molar-refractivity contribution in [1.82, 2.24) is 0 Å². The molecule has 0 aromatic heterocycles. The first-order chi connectivity index (χ1) is 17.6. The van der Waals surface area contributed by atoms with Gasteiger partial charge in [-0.3, -0.25) is 19.7 Å². The standard InChI is InChI=1S/C27H29BN2O7/c1-4-6-16-11-21-23(27(33)29(26(21)32)18-7-5-8-19(12-18)30(35)36)20-13-22(37-28(34)24(16)20)17-9-14(2)25(31)15(3)10-17/h5,7-10,12,20-23,31,34H,4,6,11,13H2,1-3H3/t20-,21-,22-,23+/m0/s1. The van der Waals surface area contributed by atoms with E-state index in [0.717, 1.165) is 22.5 Å². The zero-order valence-electron chi connectivity index (χ0n) is 21.0. The van der Waals surface area contributed by atoms with Gasteiger partial charge in [0.05, 0.1) is 28.6 Å². The minimum Gasteiger partial charge on any atom is -0.507 e. The van der Waals surface area contributed by atoms with Crippen LogP contribution in [0.2, 0.25) is 0 Å². The first kappa shape index (κ1) is 25.2. The summed E-state index contributed by atoms with van der Waals surface area (Å²) in [6, 6.07) is 9.20. The van der Waals surface area contributed by atoms with Crippen LogP contribution in [0.5, 0.6) is 5.75 Å². The molecule has 2 fully saturated rings. The Labute approximate surface area is 215 Å². The second-order valence-corrected chi connectivity index (χ2v) is 10.3. The van der Waals surface area contributed by atoms with Gasteiger partial charge in [-0.15, -0.1) is 0 Å². The topological polar surface area (TPSA) is 130 Å². The third kappa shape index (κ3) is 4.14. The van der Waals surface area contributed by atoms with E-state index in [9.17, 15) is 29.8 Å². The number of nitro benzene ring substituents is 1. The number of aryl methyl sites for hydroxylation is 2. The Morgan fingerprint density at radius 2 is 1.84 bits per heavy atom. The minimum absolute atomic E-state index is 0.186. The lowest BCUT2D eigenvalue weighted by Crippen LogP contribution is -2.45. The van der Waals surface area contributed by atoms with Crippen molar-refractivity contribution in [3.63, 3.8) is 0 Å². The van der Waals surface area contributed by atoms with Crippen LogP contribution in [0, 0.1) is 41.7 Å². The van der Waals surface area contributed by atoms with Gasteiger partial charge in [-0.05, 0) is 79.4 Å². The number of carbonyl (C=O) groups is 2. The van der Waals surface area contributed by atoms with Gasteiger partial charge in [-0.25, -0.2) is 4.90 Å². The lowest BCUT2D eigenvalue weighted by molar-refractivity contribution is -0.384. The fourth-order valence-electron chi connectivity index (χ4n) is 6.34. The molecule has 2 amide bonds. The molecular formula is C27H29BN2O7. The number of hydrogen-bond acceptors (Lipinski definition) is 7. The highest BCUT2D eigenvalue weighted by Gasteiger charge is 2.58. The number of rotatable bonds is 5. The van der Waals surface area contributed by atoms with E-state index in [1.165, 1.54) is 24.3 Å². The zero-order chi connectivity index (χ0) is 26.6. The Morgan fingerprint density at radius 3 is 2.49 bits per heavy atom. The second-order valence-electron chi connectivity index (χ2n) is 10.3. The summed E-state index contributed by atoms with van der Waals surface area (Å²) in [5, 5.41) is 32.7. The molecule has 10 heteroatoms. The molecule has 0 unspecified atom stereocenters. The fraction of sp³-hybridized carbons (Fsp3) is 0.407. The predicted molar refractivity (Wildman–Crippen MR) is 137 cm³/mol. The number of carbonyl (C=O) groups excluding carboxylic acids is 2. The van der Waals surface area contributed by atoms with Crippen molar-refractivity contribution in [3.05, 3.63) is 74.2 Å². The van der Waals surface area contributed by atoms with Gasteiger partial charge in [0.15, 0.2) is 0 Å². The number of benzene rings is 2. The van der Waals surface area contributed by atoms with Crippen molar-refractivity contribution in [2.75, 3.05) is 4.90 Å². The van der Waals surface area contributed by atoms with Crippen molar-refractivity contribution < 1.29 is 29.3 Å². The van der Waals surface area contributed by atoms with Crippen LogP contribution in [0.1, 0.15) is 55.4 Å². The van der Waals surface area contributed by atoms with Gasteiger partial charge in [0.2, 0.25) is 11.8 Å². The summed E-state index contributed by atoms with van der Waals surface area (Å²) in [6.07, 6.45) is 1.70. The van der Waals surface area contributed by atoms with Crippen LogP contribution in [-0.2, 0) is 14.2 Å². The molecule has 9 nitrogen and oxygen atoms in total. The van der Waals surface area contributed by atoms with Crippen LogP contribution in [0.25, 0.3) is 0 Å². The first-order valence-electron chi connectivity index (χ1n) is 12.6. The van der Waals surface area contributed by atoms with Crippen LogP contribution >= 0.6 is 0 Å². The number of phenolic OH excluding ortho intramolecular Hbond substituents is 1. The summed E-state index contributed by atoms with van der Waals surface area (Å²) in [6.45, 7) is 5.61. The van der Waals surface area contributed by atoms with Crippen LogP contribution in [0.15, 0.2) is 47.4 Å². The Kier molecular flexibility index (Phi) is 6.41. The van der Waals surface area contributed by atoms with Gasteiger partial charge in [0, 0.05) is 12.1 Å². The van der Waals surface area contributed by atoms with E-state index in [2.05, 4.69) is 0 Å². The summed E-state index contributed by atoms with van der Waals surface area (Å²) in [5.74, 6) is -2.27. The third-order valence-electron chi connectivity index (χ3n) is 7.95. The van der Waals surface area contributed by atoms with E-state index < -0.39 is 41.8 Å². The fourth-order valence-corrected chi connectivity index (χ4v) is 6.34. The molecule has 192 valence electrons. The van der Waals surface area contributed by atoms with Gasteiger partial charge < -0.3 is 14.8 Å². The number of hydrogen-bond donors (Lipinski definition) is 2. The highest BCUT2D eigenvalue weighted by atomic mass is 16.6. The highest BCUT2D eigenvalue weighted by molar-refractivity contribution is 6.53. The maximum absolute atomic E-state index is 13.8. The zero-order valence-corrected chi connectivity index (χ0v) is 21.0. The Morgan fingerprint density at radius 1 is 1.14 bits per heavy atom. The van der Waals surface area contributed by atoms with Crippen LogP contribution in [-0.4, -0.2) is 34.0 Å². The molecule has 0 bridgehead atoms. The van der Waals surface area contributed by atoms with Gasteiger partial charge in [0.25, 0.3) is 5.69 Å². The van der Waals surface area contributed by atoms with Crippen molar-refractivity contribution in [2.24, 2.45) is 17.8 Å². The van der Waals surface area contributed by atoms with Crippen LogP contribution < -0.4 is 4.90 Å². The number of aromatic hydroxyl groups is 1.